The maximum Gasteiger partial charge on any atom is 0.127 e. The minimum atomic E-state index is -0.344. The van der Waals surface area contributed by atoms with E-state index in [0.717, 1.165) is 11.1 Å². The highest BCUT2D eigenvalue weighted by Crippen LogP contribution is 2.25. The Kier molecular flexibility index (Phi) is 3.35. The summed E-state index contributed by atoms with van der Waals surface area (Å²) in [5, 5.41) is 0. The van der Waals surface area contributed by atoms with Crippen LogP contribution in [0.1, 0.15) is 25.0 Å². The summed E-state index contributed by atoms with van der Waals surface area (Å²) in [5.41, 5.74) is 7.43. The molecule has 0 aliphatic carbocycles. The van der Waals surface area contributed by atoms with Crippen LogP contribution in [0, 0.1) is 12.7 Å². The van der Waals surface area contributed by atoms with E-state index in [1.807, 2.05) is 20.8 Å². The fraction of sp³-hybridized carbons (Fsp3) is 0.500. The molecule has 0 heterocycles. The SMILES string of the molecule is COc1cc(F)cc(CC(C)(C)N)c1C. The maximum absolute atomic E-state index is 13.2. The molecule has 1 aromatic rings. The highest BCUT2D eigenvalue weighted by Gasteiger charge is 2.16. The van der Waals surface area contributed by atoms with Gasteiger partial charge in [-0.1, -0.05) is 0 Å². The molecule has 1 aromatic carbocycles. The van der Waals surface area contributed by atoms with E-state index in [9.17, 15) is 4.39 Å². The van der Waals surface area contributed by atoms with Crippen molar-refractivity contribution >= 4 is 0 Å². The first-order chi connectivity index (χ1) is 6.83. The number of methoxy groups -OCH3 is 1. The highest BCUT2D eigenvalue weighted by molar-refractivity contribution is 5.40. The molecule has 0 aromatic heterocycles. The molecule has 0 aliphatic heterocycles. The van der Waals surface area contributed by atoms with Crippen molar-refractivity contribution in [3.8, 4) is 5.75 Å². The predicted octanol–water partition coefficient (Wildman–Crippen LogP) is 2.42. The van der Waals surface area contributed by atoms with E-state index in [2.05, 4.69) is 0 Å². The van der Waals surface area contributed by atoms with Gasteiger partial charge in [-0.2, -0.15) is 0 Å². The third-order valence-electron chi connectivity index (χ3n) is 2.30. The summed E-state index contributed by atoms with van der Waals surface area (Å²) >= 11 is 0. The third kappa shape index (κ3) is 3.20. The van der Waals surface area contributed by atoms with Crippen LogP contribution in [0.25, 0.3) is 0 Å². The largest absolute Gasteiger partial charge is 0.496 e. The molecular weight excluding hydrogens is 193 g/mol. The average Bonchev–Trinajstić information content (AvgIpc) is 2.08. The standard InChI is InChI=1S/C12H18FNO/c1-8-9(7-12(2,3)14)5-10(13)6-11(8)15-4/h5-6H,7,14H2,1-4H3. The van der Waals surface area contributed by atoms with E-state index in [-0.39, 0.29) is 11.4 Å². The van der Waals surface area contributed by atoms with Crippen LogP contribution in [0.4, 0.5) is 4.39 Å². The first kappa shape index (κ1) is 12.0. The van der Waals surface area contributed by atoms with Crippen LogP contribution in [-0.4, -0.2) is 12.6 Å². The zero-order valence-electron chi connectivity index (χ0n) is 9.73. The van der Waals surface area contributed by atoms with Gasteiger partial charge in [0, 0.05) is 11.6 Å². The van der Waals surface area contributed by atoms with Crippen LogP contribution in [0.3, 0.4) is 0 Å². The lowest BCUT2D eigenvalue weighted by Gasteiger charge is -2.20. The van der Waals surface area contributed by atoms with Crippen molar-refractivity contribution < 1.29 is 9.13 Å². The fourth-order valence-electron chi connectivity index (χ4n) is 1.59. The lowest BCUT2D eigenvalue weighted by molar-refractivity contribution is 0.406. The molecule has 0 saturated heterocycles. The number of hydrogen-bond acceptors (Lipinski definition) is 2. The third-order valence-corrected chi connectivity index (χ3v) is 2.30. The molecule has 0 atom stereocenters. The van der Waals surface area contributed by atoms with Gasteiger partial charge in [0.1, 0.15) is 11.6 Å². The topological polar surface area (TPSA) is 35.2 Å². The van der Waals surface area contributed by atoms with Gasteiger partial charge in [0.2, 0.25) is 0 Å². The van der Waals surface area contributed by atoms with Crippen molar-refractivity contribution in [2.75, 3.05) is 7.11 Å². The predicted molar refractivity (Wildman–Crippen MR) is 59.7 cm³/mol. The Morgan fingerprint density at radius 3 is 2.47 bits per heavy atom. The highest BCUT2D eigenvalue weighted by atomic mass is 19.1. The van der Waals surface area contributed by atoms with Gasteiger partial charge in [-0.05, 0) is 44.4 Å². The van der Waals surface area contributed by atoms with Crippen molar-refractivity contribution in [1.29, 1.82) is 0 Å². The molecule has 0 spiro atoms. The number of nitrogens with two attached hydrogens (primary N) is 1. The van der Waals surface area contributed by atoms with Gasteiger partial charge in [-0.15, -0.1) is 0 Å². The van der Waals surface area contributed by atoms with E-state index < -0.39 is 0 Å². The molecule has 15 heavy (non-hydrogen) atoms. The molecule has 0 saturated carbocycles. The maximum atomic E-state index is 13.2. The lowest BCUT2D eigenvalue weighted by Crippen LogP contribution is -2.34. The molecule has 2 N–H and O–H groups in total. The van der Waals surface area contributed by atoms with Crippen LogP contribution < -0.4 is 10.5 Å². The van der Waals surface area contributed by atoms with Crippen LogP contribution in [0.15, 0.2) is 12.1 Å². The summed E-state index contributed by atoms with van der Waals surface area (Å²) < 4.78 is 18.3. The van der Waals surface area contributed by atoms with Gasteiger partial charge in [-0.25, -0.2) is 4.39 Å². The summed E-state index contributed by atoms with van der Waals surface area (Å²) in [4.78, 5) is 0. The summed E-state index contributed by atoms with van der Waals surface area (Å²) in [7, 11) is 1.54. The molecule has 2 nitrogen and oxygen atoms in total. The fourth-order valence-corrected chi connectivity index (χ4v) is 1.59. The summed E-state index contributed by atoms with van der Waals surface area (Å²) in [6.45, 7) is 5.76. The summed E-state index contributed by atoms with van der Waals surface area (Å²) in [6, 6.07) is 2.91. The van der Waals surface area contributed by atoms with Crippen LogP contribution >= 0.6 is 0 Å². The molecule has 0 bridgehead atoms. The second-order valence-electron chi connectivity index (χ2n) is 4.56. The number of halogens is 1. The number of ether oxygens (including phenoxy) is 1. The van der Waals surface area contributed by atoms with Crippen LogP contribution in [0.2, 0.25) is 0 Å². The molecule has 0 fully saturated rings. The summed E-state index contributed by atoms with van der Waals surface area (Å²) in [5.74, 6) is 0.297. The first-order valence-corrected chi connectivity index (χ1v) is 4.95. The van der Waals surface area contributed by atoms with Crippen molar-refractivity contribution in [2.24, 2.45) is 5.73 Å². The zero-order valence-corrected chi connectivity index (χ0v) is 9.73. The Hall–Kier alpha value is -1.09. The quantitative estimate of drug-likeness (QED) is 0.833. The molecule has 0 unspecified atom stereocenters. The molecule has 84 valence electrons. The van der Waals surface area contributed by atoms with Crippen molar-refractivity contribution in [3.05, 3.63) is 29.1 Å². The minimum absolute atomic E-state index is 0.281. The smallest absolute Gasteiger partial charge is 0.127 e. The second kappa shape index (κ2) is 4.19. The van der Waals surface area contributed by atoms with Gasteiger partial charge in [0.25, 0.3) is 0 Å². The molecule has 0 aliphatic rings. The van der Waals surface area contributed by atoms with E-state index in [1.54, 1.807) is 7.11 Å². The first-order valence-electron chi connectivity index (χ1n) is 4.95. The van der Waals surface area contributed by atoms with Gasteiger partial charge in [0.05, 0.1) is 7.11 Å². The Bertz CT molecular complexity index is 355. The Labute approximate surface area is 90.2 Å². The van der Waals surface area contributed by atoms with E-state index >= 15 is 0 Å². The Morgan fingerprint density at radius 1 is 1.40 bits per heavy atom. The number of rotatable bonds is 3. The normalized spacial score (nSPS) is 11.6. The van der Waals surface area contributed by atoms with Crippen LogP contribution in [0.5, 0.6) is 5.75 Å². The molecule has 0 radical (unpaired) electrons. The van der Waals surface area contributed by atoms with E-state index in [1.165, 1.54) is 12.1 Å². The van der Waals surface area contributed by atoms with E-state index in [4.69, 9.17) is 10.5 Å². The Morgan fingerprint density at radius 2 is 2.00 bits per heavy atom. The molecule has 1 rings (SSSR count). The summed E-state index contributed by atoms with van der Waals surface area (Å²) in [6.07, 6.45) is 0.632. The van der Waals surface area contributed by atoms with Gasteiger partial charge in [-0.3, -0.25) is 0 Å². The Balaban J connectivity index is 3.12. The molecular formula is C12H18FNO. The number of benzene rings is 1. The van der Waals surface area contributed by atoms with Crippen molar-refractivity contribution in [3.63, 3.8) is 0 Å². The number of hydrogen-bond donors (Lipinski definition) is 1. The minimum Gasteiger partial charge on any atom is -0.496 e. The van der Waals surface area contributed by atoms with E-state index in [0.29, 0.717) is 12.2 Å². The van der Waals surface area contributed by atoms with Crippen molar-refractivity contribution in [1.82, 2.24) is 0 Å². The molecule has 3 heteroatoms. The van der Waals surface area contributed by atoms with Crippen LogP contribution in [-0.2, 0) is 6.42 Å². The lowest BCUT2D eigenvalue weighted by atomic mass is 9.93. The second-order valence-corrected chi connectivity index (χ2v) is 4.56. The molecule has 0 amide bonds. The van der Waals surface area contributed by atoms with Gasteiger partial charge in [0.15, 0.2) is 0 Å². The zero-order chi connectivity index (χ0) is 11.6. The van der Waals surface area contributed by atoms with Gasteiger partial charge >= 0.3 is 0 Å². The monoisotopic (exact) mass is 211 g/mol. The van der Waals surface area contributed by atoms with Crippen molar-refractivity contribution in [2.45, 2.75) is 32.7 Å². The average molecular weight is 211 g/mol. The van der Waals surface area contributed by atoms with Gasteiger partial charge < -0.3 is 10.5 Å².